The average molecular weight is 222 g/mol. The number of benzene rings is 1. The SMILES string of the molecule is CN1CCC(CN)C1(C)c1ccc(F)cc1. The summed E-state index contributed by atoms with van der Waals surface area (Å²) >= 11 is 0. The number of hydrogen-bond donors (Lipinski definition) is 1. The first kappa shape index (κ1) is 11.6. The van der Waals surface area contributed by atoms with Gasteiger partial charge in [-0.2, -0.15) is 0 Å². The minimum atomic E-state index is -0.183. The molecule has 3 heteroatoms. The lowest BCUT2D eigenvalue weighted by Crippen LogP contribution is -2.42. The van der Waals surface area contributed by atoms with Crippen LogP contribution in [0.3, 0.4) is 0 Å². The van der Waals surface area contributed by atoms with Gasteiger partial charge in [0.15, 0.2) is 0 Å². The first-order valence-electron chi connectivity index (χ1n) is 5.76. The van der Waals surface area contributed by atoms with Crippen LogP contribution < -0.4 is 5.73 Å². The standard InChI is InChI=1S/C13H19FN2/c1-13(10-3-5-12(14)6-4-10)11(9-15)7-8-16(13)2/h3-6,11H,7-9,15H2,1-2H3. The van der Waals surface area contributed by atoms with Gasteiger partial charge in [0.2, 0.25) is 0 Å². The molecule has 2 atom stereocenters. The summed E-state index contributed by atoms with van der Waals surface area (Å²) < 4.78 is 12.9. The van der Waals surface area contributed by atoms with Crippen LogP contribution in [-0.2, 0) is 5.54 Å². The summed E-state index contributed by atoms with van der Waals surface area (Å²) in [6.07, 6.45) is 1.11. The van der Waals surface area contributed by atoms with E-state index in [1.807, 2.05) is 12.1 Å². The number of halogens is 1. The predicted molar refractivity (Wildman–Crippen MR) is 63.5 cm³/mol. The van der Waals surface area contributed by atoms with Crippen molar-refractivity contribution in [1.82, 2.24) is 4.90 Å². The van der Waals surface area contributed by atoms with Gasteiger partial charge in [-0.05, 0) is 57.1 Å². The van der Waals surface area contributed by atoms with Gasteiger partial charge in [0.05, 0.1) is 0 Å². The molecule has 0 aromatic heterocycles. The van der Waals surface area contributed by atoms with Gasteiger partial charge >= 0.3 is 0 Å². The minimum Gasteiger partial charge on any atom is -0.330 e. The van der Waals surface area contributed by atoms with E-state index < -0.39 is 0 Å². The number of likely N-dealkylation sites (tertiary alicyclic amines) is 1. The molecule has 0 spiro atoms. The monoisotopic (exact) mass is 222 g/mol. The molecule has 1 aromatic carbocycles. The van der Waals surface area contributed by atoms with Crippen molar-refractivity contribution in [3.63, 3.8) is 0 Å². The van der Waals surface area contributed by atoms with Gasteiger partial charge < -0.3 is 5.73 Å². The molecular weight excluding hydrogens is 203 g/mol. The fraction of sp³-hybridized carbons (Fsp3) is 0.538. The molecule has 1 aromatic rings. The van der Waals surface area contributed by atoms with Gasteiger partial charge in [-0.25, -0.2) is 4.39 Å². The summed E-state index contributed by atoms with van der Waals surface area (Å²) in [6.45, 7) is 3.93. The van der Waals surface area contributed by atoms with E-state index in [1.165, 1.54) is 12.1 Å². The maximum atomic E-state index is 12.9. The summed E-state index contributed by atoms with van der Waals surface area (Å²) in [5, 5.41) is 0. The molecule has 16 heavy (non-hydrogen) atoms. The van der Waals surface area contributed by atoms with Crippen molar-refractivity contribution in [3.8, 4) is 0 Å². The number of nitrogens with two attached hydrogens (primary N) is 1. The van der Waals surface area contributed by atoms with Gasteiger partial charge in [-0.3, -0.25) is 4.90 Å². The molecule has 2 unspecified atom stereocenters. The minimum absolute atomic E-state index is 0.0531. The van der Waals surface area contributed by atoms with Gasteiger partial charge in [0, 0.05) is 5.54 Å². The van der Waals surface area contributed by atoms with Crippen molar-refractivity contribution in [2.24, 2.45) is 11.7 Å². The highest BCUT2D eigenvalue weighted by atomic mass is 19.1. The van der Waals surface area contributed by atoms with Gasteiger partial charge in [0.1, 0.15) is 5.82 Å². The first-order chi connectivity index (χ1) is 7.59. The molecule has 0 bridgehead atoms. The molecular formula is C13H19FN2. The maximum Gasteiger partial charge on any atom is 0.123 e. The third-order valence-corrected chi connectivity index (χ3v) is 4.11. The van der Waals surface area contributed by atoms with Gasteiger partial charge in [-0.1, -0.05) is 12.1 Å². The number of nitrogens with zero attached hydrogens (tertiary/aromatic N) is 1. The van der Waals surface area contributed by atoms with Crippen LogP contribution in [0.1, 0.15) is 18.9 Å². The highest BCUT2D eigenvalue weighted by Gasteiger charge is 2.43. The zero-order valence-corrected chi connectivity index (χ0v) is 9.91. The molecule has 0 radical (unpaired) electrons. The van der Waals surface area contributed by atoms with Crippen LogP contribution in [0.5, 0.6) is 0 Å². The zero-order chi connectivity index (χ0) is 11.8. The Balaban J connectivity index is 2.39. The Kier molecular flexibility index (Phi) is 3.00. The Morgan fingerprint density at radius 3 is 2.62 bits per heavy atom. The Bertz CT molecular complexity index is 363. The average Bonchev–Trinajstić information content (AvgIpc) is 2.57. The van der Waals surface area contributed by atoms with Crippen molar-refractivity contribution in [2.45, 2.75) is 18.9 Å². The van der Waals surface area contributed by atoms with Crippen LogP contribution in [0.4, 0.5) is 4.39 Å². The highest BCUT2D eigenvalue weighted by molar-refractivity contribution is 5.27. The maximum absolute atomic E-state index is 12.9. The molecule has 2 nitrogen and oxygen atoms in total. The molecule has 1 fully saturated rings. The molecule has 1 aliphatic rings. The van der Waals surface area contributed by atoms with Gasteiger partial charge in [0.25, 0.3) is 0 Å². The zero-order valence-electron chi connectivity index (χ0n) is 9.91. The molecule has 1 saturated heterocycles. The lowest BCUT2D eigenvalue weighted by Gasteiger charge is -2.37. The summed E-state index contributed by atoms with van der Waals surface area (Å²) in [5.74, 6) is 0.264. The van der Waals surface area contributed by atoms with E-state index in [0.717, 1.165) is 18.5 Å². The second kappa shape index (κ2) is 4.15. The molecule has 0 saturated carbocycles. The van der Waals surface area contributed by atoms with Crippen molar-refractivity contribution in [3.05, 3.63) is 35.6 Å². The Labute approximate surface area is 96.2 Å². The lowest BCUT2D eigenvalue weighted by molar-refractivity contribution is 0.153. The quantitative estimate of drug-likeness (QED) is 0.828. The van der Waals surface area contributed by atoms with Crippen LogP contribution in [-0.4, -0.2) is 25.0 Å². The van der Waals surface area contributed by atoms with E-state index in [2.05, 4.69) is 18.9 Å². The molecule has 0 amide bonds. The van der Waals surface area contributed by atoms with Crippen molar-refractivity contribution in [2.75, 3.05) is 20.1 Å². The summed E-state index contributed by atoms with van der Waals surface area (Å²) in [4.78, 5) is 2.32. The van der Waals surface area contributed by atoms with E-state index in [0.29, 0.717) is 12.5 Å². The van der Waals surface area contributed by atoms with E-state index in [9.17, 15) is 4.39 Å². The first-order valence-corrected chi connectivity index (χ1v) is 5.76. The lowest BCUT2D eigenvalue weighted by atomic mass is 9.80. The Morgan fingerprint density at radius 2 is 2.06 bits per heavy atom. The summed E-state index contributed by atoms with van der Waals surface area (Å²) in [7, 11) is 2.11. The Morgan fingerprint density at radius 1 is 1.44 bits per heavy atom. The van der Waals surface area contributed by atoms with Crippen LogP contribution in [0.25, 0.3) is 0 Å². The second-order valence-electron chi connectivity index (χ2n) is 4.80. The second-order valence-corrected chi connectivity index (χ2v) is 4.80. The van der Waals surface area contributed by atoms with Gasteiger partial charge in [-0.15, -0.1) is 0 Å². The number of hydrogen-bond acceptors (Lipinski definition) is 2. The Hall–Kier alpha value is -0.930. The summed E-state index contributed by atoms with van der Waals surface area (Å²) in [6, 6.07) is 6.81. The molecule has 88 valence electrons. The van der Waals surface area contributed by atoms with Crippen molar-refractivity contribution < 1.29 is 4.39 Å². The predicted octanol–water partition coefficient (Wildman–Crippen LogP) is 1.95. The van der Waals surface area contributed by atoms with Crippen LogP contribution in [0.15, 0.2) is 24.3 Å². The largest absolute Gasteiger partial charge is 0.330 e. The third-order valence-electron chi connectivity index (χ3n) is 4.11. The number of rotatable bonds is 2. The highest BCUT2D eigenvalue weighted by Crippen LogP contribution is 2.41. The fourth-order valence-corrected chi connectivity index (χ4v) is 2.77. The van der Waals surface area contributed by atoms with Crippen molar-refractivity contribution >= 4 is 0 Å². The van der Waals surface area contributed by atoms with Crippen molar-refractivity contribution in [1.29, 1.82) is 0 Å². The van der Waals surface area contributed by atoms with Crippen LogP contribution in [0.2, 0.25) is 0 Å². The molecule has 1 aliphatic heterocycles. The molecule has 2 N–H and O–H groups in total. The van der Waals surface area contributed by atoms with E-state index in [1.54, 1.807) is 0 Å². The van der Waals surface area contributed by atoms with E-state index in [4.69, 9.17) is 5.73 Å². The smallest absolute Gasteiger partial charge is 0.123 e. The molecule has 2 rings (SSSR count). The molecule has 1 heterocycles. The topological polar surface area (TPSA) is 29.3 Å². The van der Waals surface area contributed by atoms with E-state index in [-0.39, 0.29) is 11.4 Å². The van der Waals surface area contributed by atoms with E-state index >= 15 is 0 Å². The fourth-order valence-electron chi connectivity index (χ4n) is 2.77. The molecule has 0 aliphatic carbocycles. The normalized spacial score (nSPS) is 30.9. The summed E-state index contributed by atoms with van der Waals surface area (Å²) in [5.41, 5.74) is 6.94. The third kappa shape index (κ3) is 1.64. The van der Waals surface area contributed by atoms with Crippen LogP contribution in [0, 0.1) is 11.7 Å². The van der Waals surface area contributed by atoms with Crippen LogP contribution >= 0.6 is 0 Å².